The van der Waals surface area contributed by atoms with Gasteiger partial charge in [0.15, 0.2) is 5.76 Å². The number of hydrogen-bond acceptors (Lipinski definition) is 4. The summed E-state index contributed by atoms with van der Waals surface area (Å²) < 4.78 is 5.66. The van der Waals surface area contributed by atoms with Crippen LogP contribution in [0.25, 0.3) is 11.3 Å². The molecule has 2 aromatic rings. The Morgan fingerprint density at radius 2 is 2.12 bits per heavy atom. The van der Waals surface area contributed by atoms with Crippen molar-refractivity contribution in [1.29, 1.82) is 0 Å². The molecule has 6 nitrogen and oxygen atoms in total. The van der Waals surface area contributed by atoms with Crippen LogP contribution in [0.4, 0.5) is 0 Å². The first kappa shape index (κ1) is 16.5. The number of aliphatic hydroxyl groups is 1. The third-order valence-corrected chi connectivity index (χ3v) is 4.28. The van der Waals surface area contributed by atoms with Crippen molar-refractivity contribution in [1.82, 2.24) is 10.2 Å². The Bertz CT molecular complexity index is 759. The van der Waals surface area contributed by atoms with Crippen molar-refractivity contribution in [3.63, 3.8) is 0 Å². The number of aliphatic hydroxyl groups excluding tert-OH is 1. The molecule has 24 heavy (non-hydrogen) atoms. The average Bonchev–Trinajstić information content (AvgIpc) is 3.06. The molecular formula is C17H17ClN2O4. The van der Waals surface area contributed by atoms with Crippen LogP contribution in [0.15, 0.2) is 40.8 Å². The Morgan fingerprint density at radius 3 is 2.88 bits per heavy atom. The average molecular weight is 349 g/mol. The molecule has 1 aromatic carbocycles. The minimum absolute atomic E-state index is 0.141. The van der Waals surface area contributed by atoms with Crippen molar-refractivity contribution in [3.8, 4) is 11.3 Å². The van der Waals surface area contributed by atoms with E-state index in [4.69, 9.17) is 21.1 Å². The van der Waals surface area contributed by atoms with E-state index in [1.807, 2.05) is 12.1 Å². The molecule has 7 heteroatoms. The van der Waals surface area contributed by atoms with Gasteiger partial charge in [0.05, 0.1) is 5.02 Å². The van der Waals surface area contributed by atoms with E-state index in [1.54, 1.807) is 24.3 Å². The quantitative estimate of drug-likeness (QED) is 0.884. The highest BCUT2D eigenvalue weighted by Crippen LogP contribution is 2.29. The first-order chi connectivity index (χ1) is 11.6. The van der Waals surface area contributed by atoms with E-state index in [1.165, 1.54) is 4.90 Å². The predicted molar refractivity (Wildman–Crippen MR) is 88.7 cm³/mol. The van der Waals surface area contributed by atoms with Gasteiger partial charge in [0, 0.05) is 25.3 Å². The lowest BCUT2D eigenvalue weighted by molar-refractivity contribution is -0.128. The molecule has 0 radical (unpaired) electrons. The van der Waals surface area contributed by atoms with Gasteiger partial charge in [-0.15, -0.1) is 0 Å². The molecule has 3 rings (SSSR count). The Labute approximate surface area is 144 Å². The van der Waals surface area contributed by atoms with Crippen molar-refractivity contribution < 1.29 is 19.1 Å². The highest BCUT2D eigenvalue weighted by Gasteiger charge is 2.34. The van der Waals surface area contributed by atoms with Crippen molar-refractivity contribution in [3.05, 3.63) is 47.2 Å². The summed E-state index contributed by atoms with van der Waals surface area (Å²) in [6, 6.07) is 9.75. The van der Waals surface area contributed by atoms with Crippen LogP contribution in [0.5, 0.6) is 0 Å². The van der Waals surface area contributed by atoms with Crippen LogP contribution in [0, 0.1) is 0 Å². The van der Waals surface area contributed by atoms with Gasteiger partial charge in [0.25, 0.3) is 5.91 Å². The third-order valence-electron chi connectivity index (χ3n) is 3.95. The van der Waals surface area contributed by atoms with E-state index in [0.29, 0.717) is 29.4 Å². The van der Waals surface area contributed by atoms with Gasteiger partial charge in [-0.1, -0.05) is 23.7 Å². The summed E-state index contributed by atoms with van der Waals surface area (Å²) in [7, 11) is 0. The van der Waals surface area contributed by atoms with E-state index < -0.39 is 6.04 Å². The summed E-state index contributed by atoms with van der Waals surface area (Å²) in [6.45, 7) is 0.576. The van der Waals surface area contributed by atoms with Crippen LogP contribution in [-0.4, -0.2) is 47.6 Å². The number of amides is 2. The van der Waals surface area contributed by atoms with Crippen LogP contribution in [0.1, 0.15) is 17.0 Å². The van der Waals surface area contributed by atoms with Gasteiger partial charge >= 0.3 is 0 Å². The molecule has 2 heterocycles. The van der Waals surface area contributed by atoms with Crippen LogP contribution in [0.3, 0.4) is 0 Å². The highest BCUT2D eigenvalue weighted by atomic mass is 35.5. The molecule has 0 saturated carbocycles. The monoisotopic (exact) mass is 348 g/mol. The summed E-state index contributed by atoms with van der Waals surface area (Å²) in [5, 5.41) is 12.4. The first-order valence-electron chi connectivity index (χ1n) is 7.66. The fourth-order valence-electron chi connectivity index (χ4n) is 2.77. The fraction of sp³-hybridized carbons (Fsp3) is 0.294. The number of nitrogens with one attached hydrogen (secondary N) is 1. The van der Waals surface area contributed by atoms with Gasteiger partial charge in [0.1, 0.15) is 11.8 Å². The van der Waals surface area contributed by atoms with Crippen molar-refractivity contribution >= 4 is 23.4 Å². The van der Waals surface area contributed by atoms with Crippen molar-refractivity contribution in [2.24, 2.45) is 0 Å². The second-order valence-electron chi connectivity index (χ2n) is 5.46. The van der Waals surface area contributed by atoms with Crippen molar-refractivity contribution in [2.45, 2.75) is 12.5 Å². The molecule has 0 spiro atoms. The lowest BCUT2D eigenvalue weighted by atomic mass is 10.1. The largest absolute Gasteiger partial charge is 0.451 e. The second-order valence-corrected chi connectivity index (χ2v) is 5.87. The summed E-state index contributed by atoms with van der Waals surface area (Å²) in [5.41, 5.74) is 0.696. The van der Waals surface area contributed by atoms with Gasteiger partial charge in [-0.3, -0.25) is 9.59 Å². The SMILES string of the molecule is O=C1NCCN(C(=O)c2ccc(-c3ccccc3Cl)o2)[C@@H]1CCO. The minimum Gasteiger partial charge on any atom is -0.451 e. The molecule has 2 N–H and O–H groups in total. The first-order valence-corrected chi connectivity index (χ1v) is 8.04. The van der Waals surface area contributed by atoms with Gasteiger partial charge in [-0.25, -0.2) is 0 Å². The van der Waals surface area contributed by atoms with Crippen LogP contribution in [-0.2, 0) is 4.79 Å². The van der Waals surface area contributed by atoms with E-state index in [0.717, 1.165) is 0 Å². The van der Waals surface area contributed by atoms with Crippen LogP contribution >= 0.6 is 11.6 Å². The molecular weight excluding hydrogens is 332 g/mol. The smallest absolute Gasteiger partial charge is 0.290 e. The molecule has 1 aromatic heterocycles. The number of halogens is 1. The van der Waals surface area contributed by atoms with Crippen LogP contribution in [0.2, 0.25) is 5.02 Å². The normalized spacial score (nSPS) is 17.7. The number of hydrogen-bond donors (Lipinski definition) is 2. The predicted octanol–water partition coefficient (Wildman–Crippen LogP) is 1.92. The maximum absolute atomic E-state index is 12.7. The van der Waals surface area contributed by atoms with E-state index in [-0.39, 0.29) is 30.6 Å². The molecule has 0 bridgehead atoms. The van der Waals surface area contributed by atoms with E-state index in [2.05, 4.69) is 5.32 Å². The topological polar surface area (TPSA) is 82.8 Å². The number of piperazine rings is 1. The number of rotatable bonds is 4. The highest BCUT2D eigenvalue weighted by molar-refractivity contribution is 6.33. The Balaban J connectivity index is 1.85. The zero-order chi connectivity index (χ0) is 17.1. The lowest BCUT2D eigenvalue weighted by Gasteiger charge is -2.34. The zero-order valence-corrected chi connectivity index (χ0v) is 13.6. The number of nitrogens with zero attached hydrogens (tertiary/aromatic N) is 1. The summed E-state index contributed by atoms with van der Waals surface area (Å²) in [6.07, 6.45) is 0.190. The standard InChI is InChI=1S/C17H17ClN2O4/c18-12-4-2-1-3-11(12)14-5-6-15(24-14)17(23)20-9-8-19-16(22)13(20)7-10-21/h1-6,13,21H,7-10H2,(H,19,22)/t13-/m1/s1. The molecule has 1 fully saturated rings. The second kappa shape index (κ2) is 7.07. The molecule has 0 unspecified atom stereocenters. The zero-order valence-electron chi connectivity index (χ0n) is 12.9. The molecule has 1 saturated heterocycles. The Morgan fingerprint density at radius 1 is 1.33 bits per heavy atom. The summed E-state index contributed by atoms with van der Waals surface area (Å²) in [5.74, 6) is -0.00480. The van der Waals surface area contributed by atoms with Gasteiger partial charge in [0.2, 0.25) is 5.91 Å². The minimum atomic E-state index is -0.690. The molecule has 2 amide bonds. The fourth-order valence-corrected chi connectivity index (χ4v) is 3.00. The maximum Gasteiger partial charge on any atom is 0.290 e. The molecule has 1 aliphatic rings. The summed E-state index contributed by atoms with van der Waals surface area (Å²) >= 11 is 6.14. The molecule has 1 atom stereocenters. The molecule has 126 valence electrons. The van der Waals surface area contributed by atoms with Gasteiger partial charge in [-0.05, 0) is 30.7 Å². The van der Waals surface area contributed by atoms with Gasteiger partial charge < -0.3 is 19.7 Å². The third kappa shape index (κ3) is 3.16. The summed E-state index contributed by atoms with van der Waals surface area (Å²) in [4.78, 5) is 26.1. The van der Waals surface area contributed by atoms with Crippen LogP contribution < -0.4 is 5.32 Å². The molecule has 1 aliphatic heterocycles. The van der Waals surface area contributed by atoms with Crippen molar-refractivity contribution in [2.75, 3.05) is 19.7 Å². The Kier molecular flexibility index (Phi) is 4.87. The van der Waals surface area contributed by atoms with Gasteiger partial charge in [-0.2, -0.15) is 0 Å². The number of carbonyl (C=O) groups excluding carboxylic acids is 2. The Hall–Kier alpha value is -2.31. The van der Waals surface area contributed by atoms with E-state index in [9.17, 15) is 9.59 Å². The van der Waals surface area contributed by atoms with E-state index >= 15 is 0 Å². The number of carbonyl (C=O) groups is 2. The molecule has 0 aliphatic carbocycles. The maximum atomic E-state index is 12.7. The number of furan rings is 1. The number of benzene rings is 1. The lowest BCUT2D eigenvalue weighted by Crippen LogP contribution is -2.57.